The Bertz CT molecular complexity index is 1280. The lowest BCUT2D eigenvalue weighted by Crippen LogP contribution is -2.49. The van der Waals surface area contributed by atoms with Crippen molar-refractivity contribution in [3.05, 3.63) is 36.8 Å². The van der Waals surface area contributed by atoms with Crippen LogP contribution in [-0.2, 0) is 14.8 Å². The normalized spacial score (nSPS) is 16.7. The molecule has 188 valence electrons. The molecule has 12 heteroatoms. The van der Waals surface area contributed by atoms with Crippen molar-refractivity contribution in [2.75, 3.05) is 36.4 Å². The van der Waals surface area contributed by atoms with Crippen LogP contribution in [0.3, 0.4) is 0 Å². The maximum atomic E-state index is 13.2. The topological polar surface area (TPSA) is 136 Å². The second-order valence-electron chi connectivity index (χ2n) is 8.83. The predicted molar refractivity (Wildman–Crippen MR) is 135 cm³/mol. The predicted octanol–water partition coefficient (Wildman–Crippen LogP) is 1.97. The summed E-state index contributed by atoms with van der Waals surface area (Å²) >= 11 is 0. The third-order valence-electron chi connectivity index (χ3n) is 6.11. The van der Waals surface area contributed by atoms with Crippen LogP contribution in [0.5, 0.6) is 0 Å². The highest BCUT2D eigenvalue weighted by Gasteiger charge is 2.28. The lowest BCUT2D eigenvalue weighted by Gasteiger charge is -2.34. The molecule has 0 bridgehead atoms. The summed E-state index contributed by atoms with van der Waals surface area (Å²) in [6.07, 6.45) is 4.98. The summed E-state index contributed by atoms with van der Waals surface area (Å²) in [7, 11) is -3.69. The molecule has 1 aromatic carbocycles. The van der Waals surface area contributed by atoms with E-state index in [1.807, 2.05) is 20.8 Å². The van der Waals surface area contributed by atoms with Gasteiger partial charge in [0, 0.05) is 31.7 Å². The molecule has 1 atom stereocenters. The van der Waals surface area contributed by atoms with E-state index >= 15 is 0 Å². The minimum absolute atomic E-state index is 0.0314. The second-order valence-corrected chi connectivity index (χ2v) is 10.7. The van der Waals surface area contributed by atoms with Gasteiger partial charge in [0.25, 0.3) is 0 Å². The van der Waals surface area contributed by atoms with Gasteiger partial charge in [-0.1, -0.05) is 19.1 Å². The number of sulfonamides is 1. The number of rotatable bonds is 9. The van der Waals surface area contributed by atoms with E-state index < -0.39 is 10.0 Å². The smallest absolute Gasteiger partial charge is 0.245 e. The molecule has 0 spiro atoms. The Balaban J connectivity index is 1.40. The van der Waals surface area contributed by atoms with E-state index in [4.69, 9.17) is 0 Å². The van der Waals surface area contributed by atoms with Gasteiger partial charge in [-0.25, -0.2) is 18.4 Å². The first-order chi connectivity index (χ1) is 16.8. The van der Waals surface area contributed by atoms with E-state index in [2.05, 4.69) is 35.7 Å². The molecule has 1 amide bonds. The highest BCUT2D eigenvalue weighted by Crippen LogP contribution is 2.26. The number of hydrogen-bond donors (Lipinski definition) is 3. The van der Waals surface area contributed by atoms with Crippen LogP contribution in [0.1, 0.15) is 33.6 Å². The van der Waals surface area contributed by atoms with Crippen LogP contribution in [0.4, 0.5) is 11.5 Å². The molecule has 11 nitrogen and oxygen atoms in total. The summed E-state index contributed by atoms with van der Waals surface area (Å²) in [5, 5.41) is 13.8. The number of H-pyrrole nitrogens is 1. The molecule has 3 aromatic rings. The summed E-state index contributed by atoms with van der Waals surface area (Å²) in [6.45, 7) is 7.28. The molecule has 35 heavy (non-hydrogen) atoms. The van der Waals surface area contributed by atoms with E-state index in [-0.39, 0.29) is 29.4 Å². The van der Waals surface area contributed by atoms with Gasteiger partial charge in [0.05, 0.1) is 23.8 Å². The van der Waals surface area contributed by atoms with Crippen molar-refractivity contribution in [2.45, 2.75) is 50.6 Å². The summed E-state index contributed by atoms with van der Waals surface area (Å²) in [5.74, 6) is 0.599. The van der Waals surface area contributed by atoms with Gasteiger partial charge in [-0.05, 0) is 38.8 Å². The summed E-state index contributed by atoms with van der Waals surface area (Å²) in [5.41, 5.74) is 1.09. The molecular weight excluding hydrogens is 468 g/mol. The Labute approximate surface area is 205 Å². The van der Waals surface area contributed by atoms with Gasteiger partial charge in [0.1, 0.15) is 17.0 Å². The number of piperidine rings is 1. The van der Waals surface area contributed by atoms with Gasteiger partial charge in [0.15, 0.2) is 5.65 Å². The van der Waals surface area contributed by atoms with E-state index in [1.165, 1.54) is 10.6 Å². The average Bonchev–Trinajstić information content (AvgIpc) is 3.32. The molecule has 0 aliphatic carbocycles. The number of nitrogens with zero attached hydrogens (tertiary/aromatic N) is 5. The summed E-state index contributed by atoms with van der Waals surface area (Å²) in [4.78, 5) is 23.7. The SMILES string of the molecule is CCN(C(C)C)S(=O)(=O)c1ccccc1NCC(=O)N[C@@H]1CCCN(c2ncnc3[nH]ncc23)C1. The van der Waals surface area contributed by atoms with Crippen LogP contribution in [0.25, 0.3) is 11.0 Å². The molecule has 4 rings (SSSR count). The van der Waals surface area contributed by atoms with E-state index in [9.17, 15) is 13.2 Å². The number of nitrogens with one attached hydrogen (secondary N) is 3. The highest BCUT2D eigenvalue weighted by molar-refractivity contribution is 7.89. The number of carbonyl (C=O) groups excluding carboxylic acids is 1. The number of benzene rings is 1. The fraction of sp³-hybridized carbons (Fsp3) is 0.478. The largest absolute Gasteiger partial charge is 0.375 e. The lowest BCUT2D eigenvalue weighted by atomic mass is 10.1. The average molecular weight is 501 g/mol. The molecule has 1 aliphatic heterocycles. The number of aromatic amines is 1. The monoisotopic (exact) mass is 500 g/mol. The summed E-state index contributed by atoms with van der Waals surface area (Å²) in [6, 6.07) is 6.47. The Hall–Kier alpha value is -3.25. The molecule has 0 unspecified atom stereocenters. The van der Waals surface area contributed by atoms with Crippen molar-refractivity contribution in [1.82, 2.24) is 29.8 Å². The maximum absolute atomic E-state index is 13.2. The van der Waals surface area contributed by atoms with Gasteiger partial charge in [0.2, 0.25) is 15.9 Å². The van der Waals surface area contributed by atoms with Gasteiger partial charge in [-0.3, -0.25) is 9.89 Å². The van der Waals surface area contributed by atoms with Crippen LogP contribution in [-0.4, -0.2) is 77.1 Å². The molecule has 3 heterocycles. The standard InChI is InChI=1S/C23H32N8O3S/c1-4-31(16(2)3)35(33,34)20-10-6-5-9-19(20)24-13-21(32)28-17-8-7-11-30(14-17)23-18-12-27-29-22(18)25-15-26-23/h5-6,9-10,12,15-17,24H,4,7-8,11,13-14H2,1-3H3,(H,28,32)(H,25,26,27,29)/t17-/m1/s1. The van der Waals surface area contributed by atoms with Crippen molar-refractivity contribution in [2.24, 2.45) is 0 Å². The molecule has 0 saturated carbocycles. The van der Waals surface area contributed by atoms with E-state index in [1.54, 1.807) is 30.5 Å². The van der Waals surface area contributed by atoms with E-state index in [0.717, 1.165) is 30.6 Å². The minimum Gasteiger partial charge on any atom is -0.375 e. The number of fused-ring (bicyclic) bond motifs is 1. The fourth-order valence-electron chi connectivity index (χ4n) is 4.52. The van der Waals surface area contributed by atoms with Crippen molar-refractivity contribution < 1.29 is 13.2 Å². The number of anilines is 2. The highest BCUT2D eigenvalue weighted by atomic mass is 32.2. The van der Waals surface area contributed by atoms with Gasteiger partial charge < -0.3 is 15.5 Å². The number of para-hydroxylation sites is 1. The molecular formula is C23H32N8O3S. The fourth-order valence-corrected chi connectivity index (χ4v) is 6.34. The number of carbonyl (C=O) groups is 1. The van der Waals surface area contributed by atoms with E-state index in [0.29, 0.717) is 24.4 Å². The van der Waals surface area contributed by atoms with Gasteiger partial charge >= 0.3 is 0 Å². The zero-order chi connectivity index (χ0) is 25.0. The molecule has 3 N–H and O–H groups in total. The van der Waals surface area contributed by atoms with Crippen molar-refractivity contribution >= 4 is 38.5 Å². The first-order valence-corrected chi connectivity index (χ1v) is 13.3. The molecule has 1 aliphatic rings. The number of aromatic nitrogens is 4. The van der Waals surface area contributed by atoms with Gasteiger partial charge in [-0.15, -0.1) is 0 Å². The van der Waals surface area contributed by atoms with Crippen LogP contribution in [0.15, 0.2) is 41.7 Å². The van der Waals surface area contributed by atoms with Crippen LogP contribution in [0.2, 0.25) is 0 Å². The van der Waals surface area contributed by atoms with Crippen molar-refractivity contribution in [3.63, 3.8) is 0 Å². The number of hydrogen-bond acceptors (Lipinski definition) is 8. The van der Waals surface area contributed by atoms with Crippen molar-refractivity contribution in [3.8, 4) is 0 Å². The zero-order valence-corrected chi connectivity index (χ0v) is 21.0. The third kappa shape index (κ3) is 5.38. The second kappa shape index (κ2) is 10.6. The Morgan fingerprint density at radius 1 is 1.29 bits per heavy atom. The summed E-state index contributed by atoms with van der Waals surface area (Å²) < 4.78 is 27.8. The molecule has 1 fully saturated rings. The maximum Gasteiger partial charge on any atom is 0.245 e. The zero-order valence-electron chi connectivity index (χ0n) is 20.2. The number of amides is 1. The van der Waals surface area contributed by atoms with Crippen LogP contribution < -0.4 is 15.5 Å². The Kier molecular flexibility index (Phi) is 7.51. The first kappa shape index (κ1) is 24.9. The molecule has 2 aromatic heterocycles. The van der Waals surface area contributed by atoms with Crippen LogP contribution in [0, 0.1) is 0 Å². The molecule has 1 saturated heterocycles. The Morgan fingerprint density at radius 3 is 2.86 bits per heavy atom. The third-order valence-corrected chi connectivity index (χ3v) is 8.32. The van der Waals surface area contributed by atoms with Crippen molar-refractivity contribution in [1.29, 1.82) is 0 Å². The first-order valence-electron chi connectivity index (χ1n) is 11.8. The Morgan fingerprint density at radius 2 is 2.09 bits per heavy atom. The quantitative estimate of drug-likeness (QED) is 0.406. The lowest BCUT2D eigenvalue weighted by molar-refractivity contribution is -0.120. The van der Waals surface area contributed by atoms with Crippen LogP contribution >= 0.6 is 0 Å². The minimum atomic E-state index is -3.69. The van der Waals surface area contributed by atoms with Gasteiger partial charge in [-0.2, -0.15) is 9.40 Å². The molecule has 0 radical (unpaired) electrons.